The third-order valence-electron chi connectivity index (χ3n) is 4.21. The quantitative estimate of drug-likeness (QED) is 0.582. The number of fused-ring (bicyclic) bond motifs is 1. The zero-order valence-corrected chi connectivity index (χ0v) is 12.1. The van der Waals surface area contributed by atoms with Crippen molar-refractivity contribution in [2.24, 2.45) is 0 Å². The van der Waals surface area contributed by atoms with Gasteiger partial charge in [-0.2, -0.15) is 0 Å². The van der Waals surface area contributed by atoms with Crippen molar-refractivity contribution in [1.29, 1.82) is 0 Å². The van der Waals surface area contributed by atoms with E-state index in [0.717, 1.165) is 43.4 Å². The van der Waals surface area contributed by atoms with Gasteiger partial charge in [0.1, 0.15) is 11.8 Å². The molecular formula is C15H20N5O+. The van der Waals surface area contributed by atoms with Crippen molar-refractivity contribution in [3.63, 3.8) is 0 Å². The molecule has 21 heavy (non-hydrogen) atoms. The van der Waals surface area contributed by atoms with Crippen molar-refractivity contribution < 1.29 is 9.41 Å². The average Bonchev–Trinajstić information content (AvgIpc) is 3.26. The van der Waals surface area contributed by atoms with Crippen LogP contribution in [-0.2, 0) is 0 Å². The molecule has 0 spiro atoms. The van der Waals surface area contributed by atoms with Crippen molar-refractivity contribution >= 4 is 17.2 Å². The van der Waals surface area contributed by atoms with Crippen LogP contribution in [0.25, 0.3) is 11.2 Å². The Morgan fingerprint density at radius 2 is 1.90 bits per heavy atom. The van der Waals surface area contributed by atoms with Crippen LogP contribution >= 0.6 is 0 Å². The van der Waals surface area contributed by atoms with E-state index in [1.165, 1.54) is 25.7 Å². The minimum atomic E-state index is 0.772. The number of likely N-dealkylation sites (tertiary alicyclic amines) is 1. The summed E-state index contributed by atoms with van der Waals surface area (Å²) >= 11 is 0. The van der Waals surface area contributed by atoms with E-state index in [1.54, 1.807) is 17.3 Å². The lowest BCUT2D eigenvalue weighted by molar-refractivity contribution is -0.520. The molecule has 6 nitrogen and oxygen atoms in total. The van der Waals surface area contributed by atoms with Crippen molar-refractivity contribution in [3.8, 4) is 0 Å². The zero-order valence-electron chi connectivity index (χ0n) is 12.1. The van der Waals surface area contributed by atoms with E-state index in [-0.39, 0.29) is 0 Å². The first kappa shape index (κ1) is 12.6. The molecule has 0 radical (unpaired) electrons. The van der Waals surface area contributed by atoms with Crippen molar-refractivity contribution in [3.05, 3.63) is 24.7 Å². The second-order valence-electron chi connectivity index (χ2n) is 5.68. The molecule has 0 bridgehead atoms. The fraction of sp³-hybridized carbons (Fsp3) is 0.533. The van der Waals surface area contributed by atoms with E-state index in [9.17, 15) is 0 Å². The zero-order chi connectivity index (χ0) is 14.1. The molecule has 0 atom stereocenters. The van der Waals surface area contributed by atoms with Gasteiger partial charge < -0.3 is 0 Å². The molecule has 0 saturated carbocycles. The lowest BCUT2D eigenvalue weighted by atomic mass is 10.4. The minimum absolute atomic E-state index is 0.772. The summed E-state index contributed by atoms with van der Waals surface area (Å²) in [6.07, 6.45) is 8.44. The predicted octanol–water partition coefficient (Wildman–Crippen LogP) is 1.12. The number of hydrogen-bond acceptors (Lipinski definition) is 3. The summed E-state index contributed by atoms with van der Waals surface area (Å²) in [6, 6.07) is 4.81. The van der Waals surface area contributed by atoms with Gasteiger partial charge in [-0.05, 0) is 37.8 Å². The smallest absolute Gasteiger partial charge is 0.295 e. The second kappa shape index (κ2) is 5.35. The fourth-order valence-electron chi connectivity index (χ4n) is 3.12. The van der Waals surface area contributed by atoms with Gasteiger partial charge >= 0.3 is 6.02 Å². The van der Waals surface area contributed by atoms with Crippen LogP contribution in [0, 0.1) is 0 Å². The summed E-state index contributed by atoms with van der Waals surface area (Å²) in [4.78, 5) is 17.3. The molecule has 0 N–H and O–H groups in total. The Bertz CT molecular complexity index is 664. The maximum Gasteiger partial charge on any atom is 0.471 e. The molecule has 2 aromatic heterocycles. The van der Waals surface area contributed by atoms with Crippen molar-refractivity contribution in [2.75, 3.05) is 26.2 Å². The Balaban J connectivity index is 1.69. The summed E-state index contributed by atoms with van der Waals surface area (Å²) in [6.45, 7) is 4.30. The molecule has 0 amide bonds. The highest BCUT2D eigenvalue weighted by Crippen LogP contribution is 2.13. The van der Waals surface area contributed by atoms with Crippen molar-refractivity contribution in [2.45, 2.75) is 25.7 Å². The Morgan fingerprint density at radius 1 is 1.10 bits per heavy atom. The summed E-state index contributed by atoms with van der Waals surface area (Å²) in [5.41, 5.74) is 1.63. The minimum Gasteiger partial charge on any atom is -0.295 e. The predicted molar refractivity (Wildman–Crippen MR) is 79.2 cm³/mol. The molecule has 0 aromatic carbocycles. The number of aromatic nitrogens is 3. The van der Waals surface area contributed by atoms with Crippen LogP contribution < -0.4 is 4.84 Å². The van der Waals surface area contributed by atoms with Crippen LogP contribution in [-0.4, -0.2) is 56.4 Å². The van der Waals surface area contributed by atoms with Crippen LogP contribution in [0.15, 0.2) is 24.7 Å². The maximum absolute atomic E-state index is 6.20. The molecule has 6 heteroatoms. The Hall–Kier alpha value is -2.11. The van der Waals surface area contributed by atoms with Gasteiger partial charge in [-0.1, -0.05) is 0 Å². The second-order valence-corrected chi connectivity index (χ2v) is 5.68. The normalized spacial score (nSPS) is 18.7. The van der Waals surface area contributed by atoms with Gasteiger partial charge in [0.05, 0.1) is 26.2 Å². The summed E-state index contributed by atoms with van der Waals surface area (Å²) in [5, 5.41) is 0. The number of rotatable bonds is 1. The van der Waals surface area contributed by atoms with Gasteiger partial charge in [0.2, 0.25) is 0 Å². The monoisotopic (exact) mass is 286 g/mol. The van der Waals surface area contributed by atoms with Crippen LogP contribution in [0.4, 0.5) is 0 Å². The van der Waals surface area contributed by atoms with Gasteiger partial charge in [-0.15, -0.1) is 4.73 Å². The lowest BCUT2D eigenvalue weighted by Gasteiger charge is -2.15. The van der Waals surface area contributed by atoms with Crippen molar-refractivity contribution in [1.82, 2.24) is 19.6 Å². The number of amidine groups is 1. The van der Waals surface area contributed by atoms with Gasteiger partial charge in [0, 0.05) is 6.20 Å². The third-order valence-corrected chi connectivity index (χ3v) is 4.21. The van der Waals surface area contributed by atoms with Gasteiger partial charge in [-0.3, -0.25) is 4.84 Å². The average molecular weight is 286 g/mol. The van der Waals surface area contributed by atoms with Crippen LogP contribution in [0.3, 0.4) is 0 Å². The van der Waals surface area contributed by atoms with E-state index in [2.05, 4.69) is 19.4 Å². The topological polar surface area (TPSA) is 46.2 Å². The molecule has 4 heterocycles. The van der Waals surface area contributed by atoms with Gasteiger partial charge in [-0.25, -0.2) is 19.4 Å². The van der Waals surface area contributed by atoms with Crippen LogP contribution in [0.5, 0.6) is 0 Å². The largest absolute Gasteiger partial charge is 0.471 e. The molecule has 2 aromatic rings. The van der Waals surface area contributed by atoms with E-state index >= 15 is 0 Å². The highest BCUT2D eigenvalue weighted by atomic mass is 16.7. The summed E-state index contributed by atoms with van der Waals surface area (Å²) in [7, 11) is 0. The lowest BCUT2D eigenvalue weighted by Crippen LogP contribution is -2.42. The van der Waals surface area contributed by atoms with Crippen LogP contribution in [0.2, 0.25) is 0 Å². The number of pyridine rings is 1. The van der Waals surface area contributed by atoms with E-state index in [4.69, 9.17) is 4.84 Å². The molecule has 2 aliphatic heterocycles. The van der Waals surface area contributed by atoms with Crippen LogP contribution in [0.1, 0.15) is 25.7 Å². The molecule has 0 aliphatic carbocycles. The number of imidazole rings is 1. The van der Waals surface area contributed by atoms with E-state index in [1.807, 2.05) is 12.1 Å². The van der Waals surface area contributed by atoms with Gasteiger partial charge in [0.15, 0.2) is 5.65 Å². The highest BCUT2D eigenvalue weighted by Gasteiger charge is 2.31. The Labute approximate surface area is 123 Å². The third kappa shape index (κ3) is 2.34. The van der Waals surface area contributed by atoms with E-state index in [0.29, 0.717) is 0 Å². The fourth-order valence-corrected chi connectivity index (χ4v) is 3.12. The molecule has 4 rings (SSSR count). The highest BCUT2D eigenvalue weighted by molar-refractivity contribution is 5.73. The number of hydrogen-bond donors (Lipinski definition) is 0. The van der Waals surface area contributed by atoms with E-state index < -0.39 is 0 Å². The summed E-state index contributed by atoms with van der Waals surface area (Å²) in [5.74, 6) is 0. The molecule has 2 saturated heterocycles. The maximum atomic E-state index is 6.20. The van der Waals surface area contributed by atoms with Gasteiger partial charge in [0.25, 0.3) is 0 Å². The first-order chi connectivity index (χ1) is 10.4. The molecular weight excluding hydrogens is 266 g/mol. The first-order valence-electron chi connectivity index (χ1n) is 7.75. The Kier molecular flexibility index (Phi) is 3.21. The molecule has 0 unspecified atom stereocenters. The standard InChI is InChI=1S/C15H20N5O/c1-2-9-18(8-1)15(19-10-3-4-11-19)21-20-12-17-13-6-5-7-16-14(13)20/h5-7,12H,1-4,8-11H2/q+1. The summed E-state index contributed by atoms with van der Waals surface area (Å²) < 4.78 is 4.04. The number of nitrogens with zero attached hydrogens (tertiary/aromatic N) is 5. The first-order valence-corrected chi connectivity index (χ1v) is 7.75. The molecule has 110 valence electrons. The SMILES string of the molecule is c1cnc2c(c1)ncn2OC(N1CCCC1)=[N+]1CCCC1. The molecule has 2 fully saturated rings. The Morgan fingerprint density at radius 3 is 2.71 bits per heavy atom. The molecule has 2 aliphatic rings.